The minimum Gasteiger partial charge on any atom is -0.465 e. The Labute approximate surface area is 210 Å². The number of nitrogens with zero attached hydrogens (tertiary/aromatic N) is 2. The number of aromatic amines is 2. The minimum atomic E-state index is -1.31. The second-order valence-corrected chi connectivity index (χ2v) is 10.1. The van der Waals surface area contributed by atoms with Crippen LogP contribution in [0.25, 0.3) is 18.2 Å². The first kappa shape index (κ1) is 23.8. The predicted molar refractivity (Wildman–Crippen MR) is 141 cm³/mol. The van der Waals surface area contributed by atoms with Crippen molar-refractivity contribution < 1.29 is 9.53 Å². The standard InChI is InChI=1S/C29H31N5O2/c1-4-28-12-13-29(34-28,18-27(3,19-30)26(35)36-5-2)17-25-11-9-23(33-25)15-21-7-6-20(31-21)14-22-8-10-24(16-28)32-22/h6-16,31-32,34H,4-5,17-18H2,1-3H3. The summed E-state index contributed by atoms with van der Waals surface area (Å²) >= 11 is 0. The van der Waals surface area contributed by atoms with Gasteiger partial charge < -0.3 is 14.7 Å². The summed E-state index contributed by atoms with van der Waals surface area (Å²) in [6.45, 7) is 5.78. The number of hydrogen-bond acceptors (Lipinski definition) is 5. The molecule has 2 aromatic heterocycles. The van der Waals surface area contributed by atoms with E-state index < -0.39 is 22.5 Å². The fourth-order valence-electron chi connectivity index (χ4n) is 5.32. The number of ether oxygens (including phenoxy) is 1. The molecule has 0 radical (unpaired) electrons. The van der Waals surface area contributed by atoms with E-state index in [0.717, 1.165) is 39.9 Å². The van der Waals surface area contributed by atoms with Crippen molar-refractivity contribution in [3.63, 3.8) is 0 Å². The molecule has 8 bridgehead atoms. The molecule has 7 heteroatoms. The Bertz CT molecular complexity index is 1480. The maximum atomic E-state index is 12.9. The van der Waals surface area contributed by atoms with Crippen molar-refractivity contribution in [2.75, 3.05) is 6.61 Å². The summed E-state index contributed by atoms with van der Waals surface area (Å²) in [5.41, 5.74) is 1.29. The van der Waals surface area contributed by atoms with Gasteiger partial charge in [-0.25, -0.2) is 0 Å². The van der Waals surface area contributed by atoms with Crippen LogP contribution in [0.15, 0.2) is 59.3 Å². The highest BCUT2D eigenvalue weighted by molar-refractivity contribution is 6.00. The minimum absolute atomic E-state index is 0.231. The molecule has 5 rings (SSSR count). The Morgan fingerprint density at radius 3 is 2.64 bits per heavy atom. The maximum absolute atomic E-state index is 12.9. The number of fused-ring (bicyclic) bond motifs is 7. The molecular weight excluding hydrogens is 450 g/mol. The van der Waals surface area contributed by atoms with Crippen LogP contribution in [0, 0.1) is 16.7 Å². The zero-order valence-corrected chi connectivity index (χ0v) is 20.9. The van der Waals surface area contributed by atoms with E-state index in [9.17, 15) is 10.1 Å². The largest absolute Gasteiger partial charge is 0.465 e. The van der Waals surface area contributed by atoms with Gasteiger partial charge in [0.25, 0.3) is 0 Å². The van der Waals surface area contributed by atoms with E-state index in [4.69, 9.17) is 9.73 Å². The summed E-state index contributed by atoms with van der Waals surface area (Å²) in [7, 11) is 0. The molecule has 3 unspecified atom stereocenters. The molecule has 184 valence electrons. The number of H-pyrrole nitrogens is 2. The fraction of sp³-hybridized carbons (Fsp3) is 0.345. The van der Waals surface area contributed by atoms with Crippen LogP contribution in [0.3, 0.4) is 0 Å². The van der Waals surface area contributed by atoms with Crippen LogP contribution in [0.4, 0.5) is 0 Å². The van der Waals surface area contributed by atoms with Crippen LogP contribution in [-0.2, 0) is 9.53 Å². The van der Waals surface area contributed by atoms with Crippen LogP contribution in [0.5, 0.6) is 0 Å². The number of esters is 1. The zero-order chi connectivity index (χ0) is 25.4. The molecule has 3 atom stereocenters. The Balaban J connectivity index is 1.63. The highest BCUT2D eigenvalue weighted by Crippen LogP contribution is 2.40. The van der Waals surface area contributed by atoms with Gasteiger partial charge in [-0.1, -0.05) is 19.1 Å². The number of nitrogens with one attached hydrogen (secondary N) is 3. The lowest BCUT2D eigenvalue weighted by molar-refractivity contribution is -0.152. The third-order valence-corrected chi connectivity index (χ3v) is 7.11. The zero-order valence-electron chi connectivity index (χ0n) is 20.9. The van der Waals surface area contributed by atoms with E-state index in [2.05, 4.69) is 64.7 Å². The molecule has 3 aliphatic rings. The second-order valence-electron chi connectivity index (χ2n) is 10.1. The summed E-state index contributed by atoms with van der Waals surface area (Å²) in [5.74, 6) is -0.501. The summed E-state index contributed by atoms with van der Waals surface area (Å²) < 4.78 is 5.29. The molecule has 0 saturated heterocycles. The molecule has 0 amide bonds. The third kappa shape index (κ3) is 4.52. The number of nitriles is 1. The van der Waals surface area contributed by atoms with Gasteiger partial charge in [-0.2, -0.15) is 5.26 Å². The van der Waals surface area contributed by atoms with Gasteiger partial charge in [0.15, 0.2) is 5.41 Å². The average molecular weight is 482 g/mol. The van der Waals surface area contributed by atoms with Crippen LogP contribution in [0.1, 0.15) is 51.4 Å². The number of hydrogen-bond donors (Lipinski definition) is 3. The molecule has 0 aromatic carbocycles. The first-order valence-electron chi connectivity index (χ1n) is 12.4. The lowest BCUT2D eigenvalue weighted by Gasteiger charge is -2.38. The Kier molecular flexibility index (Phi) is 5.93. The summed E-state index contributed by atoms with van der Waals surface area (Å²) in [4.78, 5) is 24.6. The molecule has 36 heavy (non-hydrogen) atoms. The average Bonchev–Trinajstić information content (AvgIpc) is 3.64. The molecule has 7 nitrogen and oxygen atoms in total. The highest BCUT2D eigenvalue weighted by Gasteiger charge is 2.49. The summed E-state index contributed by atoms with van der Waals surface area (Å²) in [5, 5.41) is 15.9. The number of aromatic nitrogens is 2. The summed E-state index contributed by atoms with van der Waals surface area (Å²) in [6.07, 6.45) is 16.1. The number of carbonyl (C=O) groups is 1. The van der Waals surface area contributed by atoms with Gasteiger partial charge >= 0.3 is 5.97 Å². The smallest absolute Gasteiger partial charge is 0.326 e. The van der Waals surface area contributed by atoms with Crippen LogP contribution < -0.4 is 16.0 Å². The van der Waals surface area contributed by atoms with Crippen molar-refractivity contribution in [3.8, 4) is 6.07 Å². The van der Waals surface area contributed by atoms with Gasteiger partial charge in [0, 0.05) is 39.8 Å². The predicted octanol–water partition coefficient (Wildman–Crippen LogP) is 3.24. The maximum Gasteiger partial charge on any atom is 0.326 e. The van der Waals surface area contributed by atoms with Gasteiger partial charge in [-0.05, 0) is 81.3 Å². The third-order valence-electron chi connectivity index (χ3n) is 7.11. The van der Waals surface area contributed by atoms with Crippen molar-refractivity contribution in [2.45, 2.75) is 51.1 Å². The molecule has 0 saturated carbocycles. The van der Waals surface area contributed by atoms with Gasteiger partial charge in [0.2, 0.25) is 0 Å². The van der Waals surface area contributed by atoms with E-state index in [-0.39, 0.29) is 13.0 Å². The Morgan fingerprint density at radius 1 is 1.11 bits per heavy atom. The number of rotatable bonds is 5. The molecular formula is C29H31N5O2. The first-order chi connectivity index (χ1) is 17.3. The Hall–Kier alpha value is -3.89. The molecule has 3 aliphatic heterocycles. The van der Waals surface area contributed by atoms with Crippen molar-refractivity contribution in [3.05, 3.63) is 76.4 Å². The highest BCUT2D eigenvalue weighted by atomic mass is 16.5. The quantitative estimate of drug-likeness (QED) is 0.450. The van der Waals surface area contributed by atoms with Gasteiger partial charge in [0.1, 0.15) is 0 Å². The van der Waals surface area contributed by atoms with E-state index in [0.29, 0.717) is 6.42 Å². The molecule has 5 heterocycles. The van der Waals surface area contributed by atoms with Crippen molar-refractivity contribution in [1.29, 1.82) is 5.26 Å². The molecule has 0 aliphatic carbocycles. The number of allylic oxidation sites excluding steroid dienone is 2. The van der Waals surface area contributed by atoms with Crippen molar-refractivity contribution >= 4 is 29.9 Å². The topological polar surface area (TPSA) is 106 Å². The van der Waals surface area contributed by atoms with E-state index in [1.54, 1.807) is 13.8 Å². The first-order valence-corrected chi connectivity index (χ1v) is 12.4. The van der Waals surface area contributed by atoms with Gasteiger partial charge in [-0.3, -0.25) is 15.1 Å². The SMILES string of the molecule is CCOC(=O)C(C)(C#N)CC12C=CC(CC)(C=c3ccc([nH]3)=Cc3ccc([nH]3)C=C3C=CC(=N3)C1)N2. The second kappa shape index (κ2) is 8.96. The van der Waals surface area contributed by atoms with Gasteiger partial charge in [-0.15, -0.1) is 0 Å². The molecule has 0 spiro atoms. The molecule has 3 N–H and O–H groups in total. The van der Waals surface area contributed by atoms with E-state index >= 15 is 0 Å². The molecule has 2 aromatic rings. The van der Waals surface area contributed by atoms with Crippen LogP contribution in [-0.4, -0.2) is 39.3 Å². The monoisotopic (exact) mass is 481 g/mol. The van der Waals surface area contributed by atoms with Crippen LogP contribution in [0.2, 0.25) is 0 Å². The van der Waals surface area contributed by atoms with Crippen LogP contribution >= 0.6 is 0 Å². The molecule has 0 fully saturated rings. The number of aliphatic imine (C=N–C) groups is 1. The lowest BCUT2D eigenvalue weighted by atomic mass is 9.75. The van der Waals surface area contributed by atoms with Crippen molar-refractivity contribution in [1.82, 2.24) is 15.3 Å². The van der Waals surface area contributed by atoms with Crippen molar-refractivity contribution in [2.24, 2.45) is 10.4 Å². The van der Waals surface area contributed by atoms with Gasteiger partial charge in [0.05, 0.1) is 23.9 Å². The number of carbonyl (C=O) groups excluding carboxylic acids is 1. The normalized spacial score (nSPS) is 25.7. The summed E-state index contributed by atoms with van der Waals surface area (Å²) in [6, 6.07) is 10.4. The lowest BCUT2D eigenvalue weighted by Crippen LogP contribution is -2.54. The van der Waals surface area contributed by atoms with E-state index in [1.165, 1.54) is 0 Å². The fourth-order valence-corrected chi connectivity index (χ4v) is 5.32. The van der Waals surface area contributed by atoms with E-state index in [1.807, 2.05) is 30.4 Å². The Morgan fingerprint density at radius 2 is 1.89 bits per heavy atom.